The summed E-state index contributed by atoms with van der Waals surface area (Å²) >= 11 is 0. The number of amides is 1. The van der Waals surface area contributed by atoms with Crippen molar-refractivity contribution in [2.45, 2.75) is 25.4 Å². The monoisotopic (exact) mass is 246 g/mol. The van der Waals surface area contributed by atoms with Gasteiger partial charge >= 0.3 is 0 Å². The van der Waals surface area contributed by atoms with Crippen LogP contribution in [-0.4, -0.2) is 36.5 Å². The van der Waals surface area contributed by atoms with Crippen molar-refractivity contribution in [2.24, 2.45) is 0 Å². The zero-order chi connectivity index (χ0) is 12.4. The molecule has 4 heteroatoms. The first-order valence-corrected chi connectivity index (χ1v) is 6.63. The Balaban J connectivity index is 1.69. The van der Waals surface area contributed by atoms with E-state index in [0.717, 1.165) is 37.4 Å². The molecule has 1 N–H and O–H groups in total. The maximum atomic E-state index is 12.3. The van der Waals surface area contributed by atoms with Crippen LogP contribution in [0, 0.1) is 0 Å². The largest absolute Gasteiger partial charge is 0.477 e. The van der Waals surface area contributed by atoms with Gasteiger partial charge in [0.2, 0.25) is 0 Å². The minimum absolute atomic E-state index is 0.122. The molecule has 1 amide bonds. The fourth-order valence-electron chi connectivity index (χ4n) is 2.57. The molecule has 3 rings (SSSR count). The van der Waals surface area contributed by atoms with E-state index in [1.54, 1.807) is 0 Å². The van der Waals surface area contributed by atoms with Crippen molar-refractivity contribution in [3.05, 3.63) is 24.3 Å². The SMILES string of the molecule is O=C(C1CNc2ccccc2O1)N1CCCCC1. The van der Waals surface area contributed by atoms with Gasteiger partial charge in [-0.05, 0) is 31.4 Å². The average molecular weight is 246 g/mol. The molecule has 1 saturated heterocycles. The highest BCUT2D eigenvalue weighted by Gasteiger charge is 2.30. The van der Waals surface area contributed by atoms with E-state index in [2.05, 4.69) is 5.32 Å². The molecule has 0 radical (unpaired) electrons. The number of hydrogen-bond donors (Lipinski definition) is 1. The lowest BCUT2D eigenvalue weighted by atomic mass is 10.1. The Morgan fingerprint density at radius 3 is 2.83 bits per heavy atom. The van der Waals surface area contributed by atoms with Crippen molar-refractivity contribution in [1.82, 2.24) is 4.90 Å². The number of fused-ring (bicyclic) bond motifs is 1. The third kappa shape index (κ3) is 2.15. The molecule has 1 aromatic carbocycles. The molecular weight excluding hydrogens is 228 g/mol. The van der Waals surface area contributed by atoms with Crippen molar-refractivity contribution in [1.29, 1.82) is 0 Å². The molecule has 0 saturated carbocycles. The van der Waals surface area contributed by atoms with Crippen LogP contribution in [0.15, 0.2) is 24.3 Å². The normalized spacial score (nSPS) is 22.7. The quantitative estimate of drug-likeness (QED) is 0.822. The van der Waals surface area contributed by atoms with E-state index in [1.165, 1.54) is 6.42 Å². The number of likely N-dealkylation sites (tertiary alicyclic amines) is 1. The highest BCUT2D eigenvalue weighted by Crippen LogP contribution is 2.28. The van der Waals surface area contributed by atoms with E-state index in [-0.39, 0.29) is 12.0 Å². The Morgan fingerprint density at radius 1 is 1.22 bits per heavy atom. The predicted octanol–water partition coefficient (Wildman–Crippen LogP) is 1.87. The van der Waals surface area contributed by atoms with Gasteiger partial charge in [-0.25, -0.2) is 0 Å². The Morgan fingerprint density at radius 2 is 2.00 bits per heavy atom. The summed E-state index contributed by atoms with van der Waals surface area (Å²) in [6, 6.07) is 7.76. The molecule has 2 aliphatic rings. The number of nitrogens with zero attached hydrogens (tertiary/aromatic N) is 1. The first-order chi connectivity index (χ1) is 8.84. The van der Waals surface area contributed by atoms with Crippen molar-refractivity contribution >= 4 is 11.6 Å². The molecule has 0 bridgehead atoms. The number of nitrogens with one attached hydrogen (secondary N) is 1. The smallest absolute Gasteiger partial charge is 0.265 e. The van der Waals surface area contributed by atoms with Crippen molar-refractivity contribution in [3.8, 4) is 5.75 Å². The van der Waals surface area contributed by atoms with E-state index in [9.17, 15) is 4.79 Å². The first kappa shape index (κ1) is 11.4. The molecule has 1 aromatic rings. The average Bonchev–Trinajstić information content (AvgIpc) is 2.47. The molecule has 0 aromatic heterocycles. The topological polar surface area (TPSA) is 41.6 Å². The molecule has 1 atom stereocenters. The summed E-state index contributed by atoms with van der Waals surface area (Å²) in [5, 5.41) is 3.26. The lowest BCUT2D eigenvalue weighted by Gasteiger charge is -2.33. The van der Waals surface area contributed by atoms with Crippen molar-refractivity contribution in [3.63, 3.8) is 0 Å². The predicted molar refractivity (Wildman–Crippen MR) is 69.8 cm³/mol. The number of piperidine rings is 1. The second kappa shape index (κ2) is 4.88. The second-order valence-electron chi connectivity index (χ2n) is 4.87. The number of rotatable bonds is 1. The molecule has 0 aliphatic carbocycles. The van der Waals surface area contributed by atoms with Gasteiger partial charge in [0.1, 0.15) is 5.75 Å². The minimum Gasteiger partial charge on any atom is -0.477 e. The molecule has 0 spiro atoms. The van der Waals surface area contributed by atoms with Gasteiger partial charge in [0.25, 0.3) is 5.91 Å². The molecule has 4 nitrogen and oxygen atoms in total. The molecule has 2 aliphatic heterocycles. The van der Waals surface area contributed by atoms with Crippen LogP contribution in [0.1, 0.15) is 19.3 Å². The molecule has 1 fully saturated rings. The van der Waals surface area contributed by atoms with Crippen LogP contribution in [0.4, 0.5) is 5.69 Å². The first-order valence-electron chi connectivity index (χ1n) is 6.63. The van der Waals surface area contributed by atoms with Crippen LogP contribution in [0.3, 0.4) is 0 Å². The summed E-state index contributed by atoms with van der Waals surface area (Å²) in [7, 11) is 0. The van der Waals surface area contributed by atoms with Gasteiger partial charge in [0.05, 0.1) is 12.2 Å². The number of ether oxygens (including phenoxy) is 1. The van der Waals surface area contributed by atoms with Gasteiger partial charge in [-0.15, -0.1) is 0 Å². The van der Waals surface area contributed by atoms with Gasteiger partial charge in [-0.2, -0.15) is 0 Å². The summed E-state index contributed by atoms with van der Waals surface area (Å²) in [5.74, 6) is 0.899. The van der Waals surface area contributed by atoms with Crippen LogP contribution in [0.2, 0.25) is 0 Å². The Kier molecular flexibility index (Phi) is 3.09. The zero-order valence-electron chi connectivity index (χ0n) is 10.4. The summed E-state index contributed by atoms with van der Waals surface area (Å²) in [6.45, 7) is 2.31. The van der Waals surface area contributed by atoms with Crippen LogP contribution < -0.4 is 10.1 Å². The number of carbonyl (C=O) groups is 1. The highest BCUT2D eigenvalue weighted by molar-refractivity contribution is 5.83. The third-order valence-corrected chi connectivity index (χ3v) is 3.58. The summed E-state index contributed by atoms with van der Waals surface area (Å²) in [4.78, 5) is 14.3. The Hall–Kier alpha value is -1.71. The lowest BCUT2D eigenvalue weighted by Crippen LogP contribution is -2.48. The summed E-state index contributed by atoms with van der Waals surface area (Å²) < 4.78 is 5.79. The Bertz CT molecular complexity index is 441. The van der Waals surface area contributed by atoms with E-state index in [0.29, 0.717) is 6.54 Å². The second-order valence-corrected chi connectivity index (χ2v) is 4.87. The highest BCUT2D eigenvalue weighted by atomic mass is 16.5. The number of carbonyl (C=O) groups excluding carboxylic acids is 1. The number of benzene rings is 1. The van der Waals surface area contributed by atoms with Crippen LogP contribution in [-0.2, 0) is 4.79 Å². The number of para-hydroxylation sites is 2. The third-order valence-electron chi connectivity index (χ3n) is 3.58. The van der Waals surface area contributed by atoms with Gasteiger partial charge < -0.3 is 15.0 Å². The van der Waals surface area contributed by atoms with Gasteiger partial charge in [0.15, 0.2) is 6.10 Å². The van der Waals surface area contributed by atoms with Crippen LogP contribution in [0.25, 0.3) is 0 Å². The van der Waals surface area contributed by atoms with E-state index in [1.807, 2.05) is 29.2 Å². The molecule has 96 valence electrons. The van der Waals surface area contributed by atoms with Gasteiger partial charge in [0, 0.05) is 13.1 Å². The van der Waals surface area contributed by atoms with E-state index < -0.39 is 0 Å². The standard InChI is InChI=1S/C14H18N2O2/c17-14(16-8-4-1-5-9-16)13-10-15-11-6-2-3-7-12(11)18-13/h2-3,6-7,13,15H,1,4-5,8-10H2. The van der Waals surface area contributed by atoms with Gasteiger partial charge in [-0.3, -0.25) is 4.79 Å². The van der Waals surface area contributed by atoms with Crippen molar-refractivity contribution < 1.29 is 9.53 Å². The maximum Gasteiger partial charge on any atom is 0.265 e. The van der Waals surface area contributed by atoms with Crippen LogP contribution >= 0.6 is 0 Å². The summed E-state index contributed by atoms with van der Waals surface area (Å²) in [5.41, 5.74) is 0.972. The molecule has 2 heterocycles. The van der Waals surface area contributed by atoms with Crippen LogP contribution in [0.5, 0.6) is 5.75 Å². The fraction of sp³-hybridized carbons (Fsp3) is 0.500. The number of hydrogen-bond acceptors (Lipinski definition) is 3. The Labute approximate surface area is 107 Å². The van der Waals surface area contributed by atoms with E-state index >= 15 is 0 Å². The maximum absolute atomic E-state index is 12.3. The number of anilines is 1. The van der Waals surface area contributed by atoms with Crippen molar-refractivity contribution in [2.75, 3.05) is 25.0 Å². The van der Waals surface area contributed by atoms with Gasteiger partial charge in [-0.1, -0.05) is 12.1 Å². The fourth-order valence-corrected chi connectivity index (χ4v) is 2.57. The molecule has 1 unspecified atom stereocenters. The zero-order valence-corrected chi connectivity index (χ0v) is 10.4. The lowest BCUT2D eigenvalue weighted by molar-refractivity contribution is -0.139. The molecule has 18 heavy (non-hydrogen) atoms. The summed E-state index contributed by atoms with van der Waals surface area (Å²) in [6.07, 6.45) is 3.08. The van der Waals surface area contributed by atoms with E-state index in [4.69, 9.17) is 4.74 Å². The molecular formula is C14H18N2O2. The minimum atomic E-state index is -0.377.